The third kappa shape index (κ3) is 6.64. The van der Waals surface area contributed by atoms with E-state index in [4.69, 9.17) is 19.5 Å². The topological polar surface area (TPSA) is 170 Å². The van der Waals surface area contributed by atoms with E-state index in [1.807, 2.05) is 0 Å². The van der Waals surface area contributed by atoms with E-state index in [0.717, 1.165) is 6.08 Å². The number of carbonyl (C=O) groups excluding carboxylic acids is 1. The highest BCUT2D eigenvalue weighted by atomic mass is 16.7. The Labute approximate surface area is 172 Å². The van der Waals surface area contributed by atoms with E-state index in [1.54, 1.807) is 18.2 Å². The van der Waals surface area contributed by atoms with E-state index in [-0.39, 0.29) is 24.5 Å². The van der Waals surface area contributed by atoms with E-state index in [1.165, 1.54) is 24.3 Å². The predicted octanol–water partition coefficient (Wildman–Crippen LogP) is -0.785. The van der Waals surface area contributed by atoms with E-state index >= 15 is 0 Å². The minimum absolute atomic E-state index is 0.0976. The van der Waals surface area contributed by atoms with Crippen molar-refractivity contribution in [2.45, 2.75) is 30.7 Å². The Bertz CT molecular complexity index is 797. The summed E-state index contributed by atoms with van der Waals surface area (Å²) in [6, 6.07) is 7.93. The summed E-state index contributed by atoms with van der Waals surface area (Å²) >= 11 is 0. The second kappa shape index (κ2) is 11.4. The number of phenols is 1. The maximum Gasteiger partial charge on any atom is 0.331 e. The summed E-state index contributed by atoms with van der Waals surface area (Å²) < 4.78 is 15.6. The number of aliphatic hydroxyl groups excluding tert-OH is 4. The van der Waals surface area contributed by atoms with Crippen LogP contribution in [0, 0.1) is 11.3 Å². The number of aromatic hydroxyl groups is 1. The minimum Gasteiger partial charge on any atom is -0.508 e. The van der Waals surface area contributed by atoms with Crippen LogP contribution in [0.2, 0.25) is 0 Å². The number of phenolic OH excluding ortho intramolecular Hbond substituents is 1. The first-order chi connectivity index (χ1) is 14.3. The largest absolute Gasteiger partial charge is 0.508 e. The summed E-state index contributed by atoms with van der Waals surface area (Å²) in [4.78, 5) is 11.8. The van der Waals surface area contributed by atoms with E-state index in [9.17, 15) is 30.3 Å². The summed E-state index contributed by atoms with van der Waals surface area (Å²) in [6.45, 7) is -1.15. The number of aliphatic hydroxyl groups is 4. The third-order valence-corrected chi connectivity index (χ3v) is 4.25. The van der Waals surface area contributed by atoms with Crippen molar-refractivity contribution in [3.05, 3.63) is 47.6 Å². The molecule has 5 atom stereocenters. The molecule has 0 aromatic heterocycles. The SMILES string of the molecule is N#CC=C(COC(=O)C=Cc1ccc(O)cc1)CO[C@@H]1O[C@H](CO)[C@@H](O)[C@H](O)[C@H]1O. The molecule has 1 aliphatic heterocycles. The lowest BCUT2D eigenvalue weighted by Crippen LogP contribution is -2.59. The Morgan fingerprint density at radius 2 is 1.83 bits per heavy atom. The van der Waals surface area contributed by atoms with Crippen molar-refractivity contribution in [2.75, 3.05) is 19.8 Å². The van der Waals surface area contributed by atoms with E-state index < -0.39 is 43.3 Å². The van der Waals surface area contributed by atoms with Gasteiger partial charge in [-0.15, -0.1) is 0 Å². The molecule has 0 saturated carbocycles. The maximum absolute atomic E-state index is 11.8. The van der Waals surface area contributed by atoms with Crippen molar-refractivity contribution in [3.63, 3.8) is 0 Å². The van der Waals surface area contributed by atoms with Crippen LogP contribution in [0.5, 0.6) is 5.75 Å². The first-order valence-electron chi connectivity index (χ1n) is 8.99. The van der Waals surface area contributed by atoms with Gasteiger partial charge in [0.2, 0.25) is 0 Å². The molecule has 10 heteroatoms. The van der Waals surface area contributed by atoms with Crippen LogP contribution in [0.4, 0.5) is 0 Å². The summed E-state index contributed by atoms with van der Waals surface area (Å²) in [7, 11) is 0. The van der Waals surface area contributed by atoms with Gasteiger partial charge < -0.3 is 39.7 Å². The van der Waals surface area contributed by atoms with Gasteiger partial charge in [-0.2, -0.15) is 5.26 Å². The Kier molecular flexibility index (Phi) is 8.94. The highest BCUT2D eigenvalue weighted by Gasteiger charge is 2.44. The molecule has 2 rings (SSSR count). The monoisotopic (exact) mass is 421 g/mol. The molecule has 0 amide bonds. The van der Waals surface area contributed by atoms with Crippen LogP contribution < -0.4 is 0 Å². The molecular formula is C20H23NO9. The maximum atomic E-state index is 11.8. The molecule has 1 saturated heterocycles. The lowest BCUT2D eigenvalue weighted by Gasteiger charge is -2.39. The van der Waals surface area contributed by atoms with Crippen molar-refractivity contribution in [2.24, 2.45) is 0 Å². The first-order valence-corrected chi connectivity index (χ1v) is 8.99. The highest BCUT2D eigenvalue weighted by molar-refractivity contribution is 5.87. The molecule has 1 heterocycles. The molecule has 0 radical (unpaired) electrons. The molecule has 10 nitrogen and oxygen atoms in total. The van der Waals surface area contributed by atoms with Gasteiger partial charge in [0.05, 0.1) is 19.3 Å². The van der Waals surface area contributed by atoms with E-state index in [0.29, 0.717) is 5.56 Å². The fourth-order valence-electron chi connectivity index (χ4n) is 2.57. The van der Waals surface area contributed by atoms with Gasteiger partial charge in [0, 0.05) is 17.7 Å². The Balaban J connectivity index is 1.87. The van der Waals surface area contributed by atoms with Gasteiger partial charge in [-0.1, -0.05) is 12.1 Å². The number of ether oxygens (including phenoxy) is 3. The van der Waals surface area contributed by atoms with Crippen LogP contribution >= 0.6 is 0 Å². The molecule has 0 bridgehead atoms. The summed E-state index contributed by atoms with van der Waals surface area (Å²) in [5.41, 5.74) is 0.921. The van der Waals surface area contributed by atoms with Crippen molar-refractivity contribution in [3.8, 4) is 11.8 Å². The standard InChI is InChI=1S/C20H23NO9/c21-8-7-13(10-28-16(24)6-3-12-1-4-14(23)5-2-12)11-29-20-19(27)18(26)17(25)15(9-22)30-20/h1-7,15,17-20,22-23,25-27H,9-11H2/t15-,17-,18+,19-,20-/m1/s1. The first kappa shape index (κ1) is 23.5. The molecule has 30 heavy (non-hydrogen) atoms. The lowest BCUT2D eigenvalue weighted by atomic mass is 9.99. The van der Waals surface area contributed by atoms with Crippen LogP contribution in [0.25, 0.3) is 6.08 Å². The Morgan fingerprint density at radius 1 is 1.13 bits per heavy atom. The molecular weight excluding hydrogens is 398 g/mol. The number of rotatable bonds is 8. The van der Waals surface area contributed by atoms with Crippen LogP contribution in [0.15, 0.2) is 42.0 Å². The van der Waals surface area contributed by atoms with Crippen LogP contribution in [0.3, 0.4) is 0 Å². The highest BCUT2D eigenvalue weighted by Crippen LogP contribution is 2.22. The fourth-order valence-corrected chi connectivity index (χ4v) is 2.57. The van der Waals surface area contributed by atoms with Gasteiger partial charge in [0.1, 0.15) is 36.8 Å². The Hall–Kier alpha value is -2.78. The smallest absolute Gasteiger partial charge is 0.331 e. The van der Waals surface area contributed by atoms with Gasteiger partial charge >= 0.3 is 5.97 Å². The number of nitrogens with zero attached hydrogens (tertiary/aromatic N) is 1. The van der Waals surface area contributed by atoms with Gasteiger partial charge in [-0.05, 0) is 23.8 Å². The second-order valence-corrected chi connectivity index (χ2v) is 6.47. The zero-order chi connectivity index (χ0) is 22.1. The van der Waals surface area contributed by atoms with Crippen LogP contribution in [-0.4, -0.2) is 82.0 Å². The predicted molar refractivity (Wildman–Crippen MR) is 102 cm³/mol. The fraction of sp³-hybridized carbons (Fsp3) is 0.400. The van der Waals surface area contributed by atoms with Gasteiger partial charge in [0.15, 0.2) is 6.29 Å². The zero-order valence-corrected chi connectivity index (χ0v) is 15.9. The molecule has 1 aromatic carbocycles. The molecule has 0 spiro atoms. The average molecular weight is 421 g/mol. The number of carbonyl (C=O) groups is 1. The molecule has 1 aliphatic rings. The molecule has 5 N–H and O–H groups in total. The Morgan fingerprint density at radius 3 is 2.47 bits per heavy atom. The number of hydrogen-bond acceptors (Lipinski definition) is 10. The van der Waals surface area contributed by atoms with Crippen molar-refractivity contribution >= 4 is 12.0 Å². The van der Waals surface area contributed by atoms with Gasteiger partial charge in [-0.3, -0.25) is 0 Å². The normalized spacial score (nSPS) is 27.0. The molecule has 1 aromatic rings. The summed E-state index contributed by atoms with van der Waals surface area (Å²) in [5.74, 6) is -0.583. The van der Waals surface area contributed by atoms with Crippen molar-refractivity contribution in [1.29, 1.82) is 5.26 Å². The number of allylic oxidation sites excluding steroid dienone is 1. The van der Waals surface area contributed by atoms with Crippen LogP contribution in [0.1, 0.15) is 5.56 Å². The molecule has 0 unspecified atom stereocenters. The zero-order valence-electron chi connectivity index (χ0n) is 15.9. The lowest BCUT2D eigenvalue weighted by molar-refractivity contribution is -0.299. The van der Waals surface area contributed by atoms with E-state index in [2.05, 4.69) is 0 Å². The second-order valence-electron chi connectivity index (χ2n) is 6.47. The third-order valence-electron chi connectivity index (χ3n) is 4.25. The van der Waals surface area contributed by atoms with Crippen molar-refractivity contribution in [1.82, 2.24) is 0 Å². The minimum atomic E-state index is -1.59. The van der Waals surface area contributed by atoms with Gasteiger partial charge in [0.25, 0.3) is 0 Å². The van der Waals surface area contributed by atoms with Gasteiger partial charge in [-0.25, -0.2) is 4.79 Å². The number of hydrogen-bond donors (Lipinski definition) is 5. The molecule has 162 valence electrons. The molecule has 1 fully saturated rings. The van der Waals surface area contributed by atoms with Crippen LogP contribution in [-0.2, 0) is 19.0 Å². The summed E-state index contributed by atoms with van der Waals surface area (Å²) in [5, 5.41) is 56.7. The number of benzene rings is 1. The molecule has 0 aliphatic carbocycles. The summed E-state index contributed by atoms with van der Waals surface area (Å²) in [6.07, 6.45) is -3.42. The quantitative estimate of drug-likeness (QED) is 0.204. The van der Waals surface area contributed by atoms with Crippen molar-refractivity contribution < 1.29 is 44.5 Å². The average Bonchev–Trinajstić information content (AvgIpc) is 2.74. The number of nitriles is 1. The number of esters is 1.